The van der Waals surface area contributed by atoms with Crippen molar-refractivity contribution in [2.45, 2.75) is 37.3 Å². The van der Waals surface area contributed by atoms with E-state index in [1.165, 1.54) is 7.11 Å². The Hall–Kier alpha value is -1.56. The Bertz CT molecular complexity index is 751. The van der Waals surface area contributed by atoms with Gasteiger partial charge in [-0.3, -0.25) is 10.5 Å². The Morgan fingerprint density at radius 1 is 1.59 bits per heavy atom. The number of nitrogens with zero attached hydrogens (tertiary/aromatic N) is 1. The summed E-state index contributed by atoms with van der Waals surface area (Å²) in [5.41, 5.74) is 5.75. The topological polar surface area (TPSA) is 130 Å². The van der Waals surface area contributed by atoms with Crippen molar-refractivity contribution >= 4 is 43.5 Å². The van der Waals surface area contributed by atoms with Crippen LogP contribution in [0.4, 0.5) is 0 Å². The molecule has 3 rings (SSSR count). The molecule has 9 nitrogen and oxygen atoms in total. The zero-order valence-corrected chi connectivity index (χ0v) is 17.8. The molecule has 0 saturated heterocycles. The van der Waals surface area contributed by atoms with Gasteiger partial charge in [-0.25, -0.2) is 0 Å². The molecular formula is C16H21Br2N5O4. The highest BCUT2D eigenvalue weighted by molar-refractivity contribution is 9.12. The van der Waals surface area contributed by atoms with E-state index >= 15 is 0 Å². The van der Waals surface area contributed by atoms with Crippen LogP contribution in [0, 0.1) is 0 Å². The minimum Gasteiger partial charge on any atom is -0.495 e. The molecule has 1 unspecified atom stereocenters. The molecule has 0 radical (unpaired) electrons. The van der Waals surface area contributed by atoms with Crippen LogP contribution in [0.15, 0.2) is 37.9 Å². The lowest BCUT2D eigenvalue weighted by molar-refractivity contribution is -0.114. The SMILES string of the molecule is COC1=C(Br)[C@@H](O)[C@]2(C=C1Br)CC(C(=O)NCCCC1=CNC(N)N1)=NO2. The van der Waals surface area contributed by atoms with Crippen molar-refractivity contribution in [3.63, 3.8) is 0 Å². The van der Waals surface area contributed by atoms with Crippen LogP contribution in [0.5, 0.6) is 0 Å². The zero-order chi connectivity index (χ0) is 19.6. The van der Waals surface area contributed by atoms with Gasteiger partial charge in [-0.15, -0.1) is 0 Å². The van der Waals surface area contributed by atoms with Gasteiger partial charge in [0.05, 0.1) is 16.1 Å². The molecule has 11 heteroatoms. The van der Waals surface area contributed by atoms with Crippen LogP contribution in [0.25, 0.3) is 0 Å². The van der Waals surface area contributed by atoms with Gasteiger partial charge >= 0.3 is 0 Å². The minimum atomic E-state index is -1.15. The average molecular weight is 507 g/mol. The van der Waals surface area contributed by atoms with E-state index in [2.05, 4.69) is 53.0 Å². The number of methoxy groups -OCH3 is 1. The van der Waals surface area contributed by atoms with Crippen LogP contribution in [0.2, 0.25) is 0 Å². The number of nitrogens with one attached hydrogen (secondary N) is 3. The van der Waals surface area contributed by atoms with Gasteiger partial charge in [0.1, 0.15) is 23.9 Å². The predicted molar refractivity (Wildman–Crippen MR) is 106 cm³/mol. The van der Waals surface area contributed by atoms with E-state index in [1.54, 1.807) is 6.08 Å². The molecule has 2 heterocycles. The summed E-state index contributed by atoms with van der Waals surface area (Å²) in [6.07, 6.45) is 3.86. The van der Waals surface area contributed by atoms with Crippen LogP contribution < -0.4 is 21.7 Å². The van der Waals surface area contributed by atoms with Crippen LogP contribution in [-0.2, 0) is 14.4 Å². The normalized spacial score (nSPS) is 29.4. The fourth-order valence-electron chi connectivity index (χ4n) is 3.02. The summed E-state index contributed by atoms with van der Waals surface area (Å²) >= 11 is 6.72. The molecule has 2 aliphatic heterocycles. The van der Waals surface area contributed by atoms with E-state index in [9.17, 15) is 9.90 Å². The number of hydrogen-bond donors (Lipinski definition) is 5. The summed E-state index contributed by atoms with van der Waals surface area (Å²) < 4.78 is 6.29. The molecule has 3 atom stereocenters. The number of allylic oxidation sites excluding steroid dienone is 2. The number of oxime groups is 1. The number of aliphatic hydroxyl groups excluding tert-OH is 1. The third kappa shape index (κ3) is 4.15. The molecular weight excluding hydrogens is 486 g/mol. The number of carbonyl (C=O) groups excluding carboxylic acids is 1. The Morgan fingerprint density at radius 2 is 2.37 bits per heavy atom. The van der Waals surface area contributed by atoms with E-state index in [0.717, 1.165) is 18.5 Å². The van der Waals surface area contributed by atoms with Gasteiger partial charge in [0.25, 0.3) is 5.91 Å². The van der Waals surface area contributed by atoms with Gasteiger partial charge in [-0.2, -0.15) is 0 Å². The Balaban J connectivity index is 1.51. The van der Waals surface area contributed by atoms with Gasteiger partial charge in [-0.05, 0) is 50.8 Å². The predicted octanol–water partition coefficient (Wildman–Crippen LogP) is 0.581. The lowest BCUT2D eigenvalue weighted by Gasteiger charge is -2.33. The second kappa shape index (κ2) is 8.21. The maximum absolute atomic E-state index is 12.4. The molecule has 27 heavy (non-hydrogen) atoms. The summed E-state index contributed by atoms with van der Waals surface area (Å²) in [7, 11) is 1.50. The number of amides is 1. The van der Waals surface area contributed by atoms with Crippen molar-refractivity contribution in [2.75, 3.05) is 13.7 Å². The first-order valence-corrected chi connectivity index (χ1v) is 9.96. The van der Waals surface area contributed by atoms with Crippen molar-refractivity contribution in [3.05, 3.63) is 32.7 Å². The molecule has 0 fully saturated rings. The Morgan fingerprint density at radius 3 is 3.04 bits per heavy atom. The van der Waals surface area contributed by atoms with Gasteiger partial charge in [0.2, 0.25) is 0 Å². The van der Waals surface area contributed by atoms with Gasteiger partial charge in [-0.1, -0.05) is 5.16 Å². The highest BCUT2D eigenvalue weighted by atomic mass is 79.9. The van der Waals surface area contributed by atoms with E-state index in [-0.39, 0.29) is 24.3 Å². The second-order valence-corrected chi connectivity index (χ2v) is 8.06. The quantitative estimate of drug-likeness (QED) is 0.333. The lowest BCUT2D eigenvalue weighted by Crippen LogP contribution is -2.45. The highest BCUT2D eigenvalue weighted by Gasteiger charge is 2.50. The first kappa shape index (κ1) is 20.2. The maximum atomic E-state index is 12.4. The Labute approximate surface area is 173 Å². The fourth-order valence-corrected chi connectivity index (χ4v) is 4.81. The number of carbonyl (C=O) groups is 1. The molecule has 0 saturated carbocycles. The monoisotopic (exact) mass is 505 g/mol. The largest absolute Gasteiger partial charge is 0.495 e. The third-order valence-corrected chi connectivity index (χ3v) is 5.81. The highest BCUT2D eigenvalue weighted by Crippen LogP contribution is 2.43. The molecule has 1 amide bonds. The van der Waals surface area contributed by atoms with Crippen LogP contribution in [0.3, 0.4) is 0 Å². The standard InChI is InChI=1S/C16H21Br2N5O4/c1-26-12-9(17)5-16(13(24)11(12)18)6-10(23-27-16)14(25)20-4-2-3-8-7-21-15(19)22-8/h5,7,13,15,21-22,24H,2-4,6,19H2,1H3,(H,20,25)/t13-,15?,16+/m1/s1. The van der Waals surface area contributed by atoms with Crippen molar-refractivity contribution < 1.29 is 19.5 Å². The summed E-state index contributed by atoms with van der Waals surface area (Å²) in [6, 6.07) is 0. The van der Waals surface area contributed by atoms with Gasteiger partial charge in [0.15, 0.2) is 5.60 Å². The van der Waals surface area contributed by atoms with Crippen molar-refractivity contribution in [3.8, 4) is 0 Å². The van der Waals surface area contributed by atoms with E-state index < -0.39 is 11.7 Å². The summed E-state index contributed by atoms with van der Waals surface area (Å²) in [6.45, 7) is 0.485. The molecule has 1 spiro atoms. The molecule has 1 aliphatic carbocycles. The molecule has 3 aliphatic rings. The number of rotatable bonds is 6. The van der Waals surface area contributed by atoms with Crippen molar-refractivity contribution in [2.24, 2.45) is 10.9 Å². The number of hydrogen-bond acceptors (Lipinski definition) is 8. The van der Waals surface area contributed by atoms with Gasteiger partial charge < -0.3 is 30.6 Å². The molecule has 0 aromatic rings. The molecule has 0 aromatic carbocycles. The Kier molecular flexibility index (Phi) is 6.14. The first-order chi connectivity index (χ1) is 12.9. The van der Waals surface area contributed by atoms with Gasteiger partial charge in [0, 0.05) is 24.9 Å². The summed E-state index contributed by atoms with van der Waals surface area (Å²) in [4.78, 5) is 17.8. The van der Waals surface area contributed by atoms with Crippen molar-refractivity contribution in [1.82, 2.24) is 16.0 Å². The number of halogens is 2. The molecule has 6 N–H and O–H groups in total. The van der Waals surface area contributed by atoms with E-state index in [1.807, 2.05) is 6.20 Å². The lowest BCUT2D eigenvalue weighted by atomic mass is 9.87. The van der Waals surface area contributed by atoms with Crippen LogP contribution in [0.1, 0.15) is 19.3 Å². The van der Waals surface area contributed by atoms with E-state index in [0.29, 0.717) is 21.3 Å². The summed E-state index contributed by atoms with van der Waals surface area (Å²) in [5.74, 6) is 0.156. The zero-order valence-electron chi connectivity index (χ0n) is 14.6. The van der Waals surface area contributed by atoms with Crippen LogP contribution >= 0.6 is 31.9 Å². The van der Waals surface area contributed by atoms with E-state index in [4.69, 9.17) is 15.3 Å². The smallest absolute Gasteiger partial charge is 0.269 e. The summed E-state index contributed by atoms with van der Waals surface area (Å²) in [5, 5.41) is 23.3. The number of nitrogens with two attached hydrogens (primary N) is 1. The molecule has 148 valence electrons. The number of aliphatic hydroxyl groups is 1. The van der Waals surface area contributed by atoms with Crippen LogP contribution in [-0.4, -0.2) is 48.4 Å². The molecule has 0 bridgehead atoms. The second-order valence-electron chi connectivity index (χ2n) is 6.35. The molecule has 0 aromatic heterocycles. The maximum Gasteiger partial charge on any atom is 0.269 e. The minimum absolute atomic E-state index is 0.146. The number of ether oxygens (including phenoxy) is 1. The first-order valence-electron chi connectivity index (χ1n) is 8.37. The van der Waals surface area contributed by atoms with Crippen molar-refractivity contribution in [1.29, 1.82) is 0 Å². The third-order valence-electron chi connectivity index (χ3n) is 4.43. The average Bonchev–Trinajstić information content (AvgIpc) is 3.24. The fraction of sp³-hybridized carbons (Fsp3) is 0.500.